The van der Waals surface area contributed by atoms with Crippen LogP contribution < -0.4 is 5.32 Å². The van der Waals surface area contributed by atoms with Crippen LogP contribution in [0.25, 0.3) is 0 Å². The van der Waals surface area contributed by atoms with E-state index in [2.05, 4.69) is 5.32 Å². The van der Waals surface area contributed by atoms with E-state index in [0.29, 0.717) is 22.9 Å². The predicted molar refractivity (Wildman–Crippen MR) is 86.2 cm³/mol. The smallest absolute Gasteiger partial charge is 0.310 e. The number of nitrogens with one attached hydrogen (secondary N) is 1. The summed E-state index contributed by atoms with van der Waals surface area (Å²) in [7, 11) is 0. The van der Waals surface area contributed by atoms with E-state index in [0.717, 1.165) is 5.56 Å². The minimum atomic E-state index is -0.263. The first-order valence-corrected chi connectivity index (χ1v) is 7.27. The van der Waals surface area contributed by atoms with Crippen molar-refractivity contribution in [3.05, 3.63) is 64.7 Å². The van der Waals surface area contributed by atoms with E-state index in [9.17, 15) is 9.59 Å². The monoisotopic (exact) mass is 317 g/mol. The SMILES string of the molecule is CCOC(=O)Cc1ccc(NC(=O)c2ccc(Cl)cc2)cc1. The van der Waals surface area contributed by atoms with Crippen molar-refractivity contribution < 1.29 is 14.3 Å². The van der Waals surface area contributed by atoms with Crippen molar-refractivity contribution in [2.75, 3.05) is 11.9 Å². The van der Waals surface area contributed by atoms with Crippen molar-refractivity contribution in [1.29, 1.82) is 0 Å². The quantitative estimate of drug-likeness (QED) is 0.855. The fraction of sp³-hybridized carbons (Fsp3) is 0.176. The van der Waals surface area contributed by atoms with Gasteiger partial charge in [-0.25, -0.2) is 0 Å². The minimum absolute atomic E-state index is 0.213. The maximum absolute atomic E-state index is 12.0. The standard InChI is InChI=1S/C17H16ClNO3/c1-2-22-16(20)11-12-3-9-15(10-4-12)19-17(21)13-5-7-14(18)8-6-13/h3-10H,2,11H2,1H3,(H,19,21). The lowest BCUT2D eigenvalue weighted by molar-refractivity contribution is -0.142. The largest absolute Gasteiger partial charge is 0.466 e. The molecule has 1 N–H and O–H groups in total. The second kappa shape index (κ2) is 7.61. The highest BCUT2D eigenvalue weighted by atomic mass is 35.5. The van der Waals surface area contributed by atoms with Gasteiger partial charge in [0.05, 0.1) is 13.0 Å². The van der Waals surface area contributed by atoms with Crippen LogP contribution in [0.1, 0.15) is 22.8 Å². The Balaban J connectivity index is 1.97. The van der Waals surface area contributed by atoms with E-state index in [4.69, 9.17) is 16.3 Å². The van der Waals surface area contributed by atoms with Gasteiger partial charge in [0.15, 0.2) is 0 Å². The molecule has 0 fully saturated rings. The van der Waals surface area contributed by atoms with E-state index in [1.165, 1.54) is 0 Å². The van der Waals surface area contributed by atoms with Crippen LogP contribution in [0, 0.1) is 0 Å². The molecule has 0 aliphatic carbocycles. The molecule has 0 spiro atoms. The maximum atomic E-state index is 12.0. The number of anilines is 1. The van der Waals surface area contributed by atoms with Crippen molar-refractivity contribution in [2.24, 2.45) is 0 Å². The average Bonchev–Trinajstić information content (AvgIpc) is 2.50. The maximum Gasteiger partial charge on any atom is 0.310 e. The summed E-state index contributed by atoms with van der Waals surface area (Å²) in [5.74, 6) is -0.477. The van der Waals surface area contributed by atoms with Crippen molar-refractivity contribution in [3.8, 4) is 0 Å². The van der Waals surface area contributed by atoms with E-state index >= 15 is 0 Å². The molecule has 0 saturated carbocycles. The third-order valence-corrected chi connectivity index (χ3v) is 3.22. The molecule has 0 radical (unpaired) electrons. The molecule has 5 heteroatoms. The van der Waals surface area contributed by atoms with Gasteiger partial charge in [-0.2, -0.15) is 0 Å². The van der Waals surface area contributed by atoms with Gasteiger partial charge in [0.1, 0.15) is 0 Å². The van der Waals surface area contributed by atoms with Crippen LogP contribution in [0.4, 0.5) is 5.69 Å². The van der Waals surface area contributed by atoms with Crippen LogP contribution >= 0.6 is 11.6 Å². The third kappa shape index (κ3) is 4.60. The molecular weight excluding hydrogens is 302 g/mol. The van der Waals surface area contributed by atoms with Crippen LogP contribution in [0.3, 0.4) is 0 Å². The zero-order valence-corrected chi connectivity index (χ0v) is 12.9. The van der Waals surface area contributed by atoms with Crippen LogP contribution in [0.15, 0.2) is 48.5 Å². The molecule has 0 unspecified atom stereocenters. The summed E-state index contributed by atoms with van der Waals surface area (Å²) in [5, 5.41) is 3.37. The number of hydrogen-bond acceptors (Lipinski definition) is 3. The molecule has 0 saturated heterocycles. The molecule has 1 amide bonds. The van der Waals surface area contributed by atoms with Crippen molar-refractivity contribution in [2.45, 2.75) is 13.3 Å². The van der Waals surface area contributed by atoms with Crippen molar-refractivity contribution in [3.63, 3.8) is 0 Å². The summed E-state index contributed by atoms with van der Waals surface area (Å²) in [4.78, 5) is 23.4. The number of carbonyl (C=O) groups is 2. The second-order valence-corrected chi connectivity index (χ2v) is 5.08. The topological polar surface area (TPSA) is 55.4 Å². The van der Waals surface area contributed by atoms with Gasteiger partial charge >= 0.3 is 5.97 Å². The molecule has 0 bridgehead atoms. The first-order chi connectivity index (χ1) is 10.6. The molecule has 0 heterocycles. The molecule has 114 valence electrons. The molecule has 22 heavy (non-hydrogen) atoms. The number of carbonyl (C=O) groups excluding carboxylic acids is 2. The number of ether oxygens (including phenoxy) is 1. The summed E-state index contributed by atoms with van der Waals surface area (Å²) in [6, 6.07) is 13.7. The van der Waals surface area contributed by atoms with Crippen molar-refractivity contribution >= 4 is 29.2 Å². The van der Waals surface area contributed by atoms with Gasteiger partial charge in [0.25, 0.3) is 5.91 Å². The molecule has 0 aliphatic rings. The number of halogens is 1. The van der Waals surface area contributed by atoms with E-state index in [-0.39, 0.29) is 18.3 Å². The number of rotatable bonds is 5. The molecule has 2 rings (SSSR count). The Kier molecular flexibility index (Phi) is 5.55. The highest BCUT2D eigenvalue weighted by Crippen LogP contribution is 2.14. The minimum Gasteiger partial charge on any atom is -0.466 e. The van der Waals surface area contributed by atoms with Crippen LogP contribution in [-0.2, 0) is 16.0 Å². The summed E-state index contributed by atoms with van der Waals surface area (Å²) < 4.78 is 4.89. The third-order valence-electron chi connectivity index (χ3n) is 2.97. The highest BCUT2D eigenvalue weighted by molar-refractivity contribution is 6.30. The first-order valence-electron chi connectivity index (χ1n) is 6.90. The van der Waals surface area contributed by atoms with Gasteiger partial charge in [0, 0.05) is 16.3 Å². The lowest BCUT2D eigenvalue weighted by Crippen LogP contribution is -2.12. The first kappa shape index (κ1) is 16.0. The van der Waals surface area contributed by atoms with Gasteiger partial charge in [0.2, 0.25) is 0 Å². The number of amides is 1. The molecule has 0 atom stereocenters. The van der Waals surface area contributed by atoms with Crippen LogP contribution in [0.2, 0.25) is 5.02 Å². The molecule has 2 aromatic rings. The van der Waals surface area contributed by atoms with Gasteiger partial charge in [-0.1, -0.05) is 23.7 Å². The summed E-state index contributed by atoms with van der Waals surface area (Å²) in [6.07, 6.45) is 0.221. The molecule has 0 aliphatic heterocycles. The molecular formula is C17H16ClNO3. The van der Waals surface area contributed by atoms with E-state index in [1.807, 2.05) is 0 Å². The van der Waals surface area contributed by atoms with Gasteiger partial charge in [-0.15, -0.1) is 0 Å². The van der Waals surface area contributed by atoms with E-state index in [1.54, 1.807) is 55.5 Å². The van der Waals surface area contributed by atoms with E-state index < -0.39 is 0 Å². The molecule has 4 nitrogen and oxygen atoms in total. The Morgan fingerprint density at radius 2 is 1.68 bits per heavy atom. The van der Waals surface area contributed by atoms with Gasteiger partial charge in [-0.3, -0.25) is 9.59 Å². The Hall–Kier alpha value is -2.33. The van der Waals surface area contributed by atoms with Crippen molar-refractivity contribution in [1.82, 2.24) is 0 Å². The highest BCUT2D eigenvalue weighted by Gasteiger charge is 2.07. The Morgan fingerprint density at radius 3 is 2.27 bits per heavy atom. The Labute approximate surface area is 134 Å². The van der Waals surface area contributed by atoms with Gasteiger partial charge < -0.3 is 10.1 Å². The summed E-state index contributed by atoms with van der Waals surface area (Å²) >= 11 is 5.79. The summed E-state index contributed by atoms with van der Waals surface area (Å²) in [6.45, 7) is 2.14. The average molecular weight is 318 g/mol. The zero-order valence-electron chi connectivity index (χ0n) is 12.1. The normalized spacial score (nSPS) is 10.1. The fourth-order valence-corrected chi connectivity index (χ4v) is 2.02. The Morgan fingerprint density at radius 1 is 1.05 bits per heavy atom. The Bertz CT molecular complexity index is 651. The lowest BCUT2D eigenvalue weighted by Gasteiger charge is -2.07. The lowest BCUT2D eigenvalue weighted by atomic mass is 10.1. The molecule has 0 aromatic heterocycles. The summed E-state index contributed by atoms with van der Waals surface area (Å²) in [5.41, 5.74) is 2.02. The van der Waals surface area contributed by atoms with Gasteiger partial charge in [-0.05, 0) is 48.9 Å². The fourth-order valence-electron chi connectivity index (χ4n) is 1.89. The van der Waals surface area contributed by atoms with Crippen LogP contribution in [-0.4, -0.2) is 18.5 Å². The molecule has 2 aromatic carbocycles. The number of hydrogen-bond donors (Lipinski definition) is 1. The number of benzene rings is 2. The predicted octanol–water partition coefficient (Wildman–Crippen LogP) is 3.70. The van der Waals surface area contributed by atoms with Crippen LogP contribution in [0.5, 0.6) is 0 Å². The second-order valence-electron chi connectivity index (χ2n) is 4.64. The number of esters is 1. The zero-order chi connectivity index (χ0) is 15.9.